The molecular weight excluding hydrogens is 565 g/mol. The maximum Gasteiger partial charge on any atom is 0.330 e. The molecule has 0 aromatic carbocycles. The summed E-state index contributed by atoms with van der Waals surface area (Å²) in [5.41, 5.74) is 0.542. The highest BCUT2D eigenvalue weighted by Crippen LogP contribution is 2.21. The van der Waals surface area contributed by atoms with Crippen molar-refractivity contribution in [3.63, 3.8) is 0 Å². The first kappa shape index (κ1) is 38.8. The smallest absolute Gasteiger partial charge is 0.330 e. The standard InChI is InChI=1S/C6H14.3C3H6O2S3/c1-5-6(2,3)4;3*4-2(5)3(7,8)1-6/h5H2,1-4H3;3*6-8H,1H2,(H,4,5). The number of hydrogen-bond donors (Lipinski definition) is 12. The predicted molar refractivity (Wildman–Crippen MR) is 156 cm³/mol. The van der Waals surface area contributed by atoms with E-state index in [0.717, 1.165) is 0 Å². The Morgan fingerprint density at radius 3 is 0.733 bits per heavy atom. The summed E-state index contributed by atoms with van der Waals surface area (Å²) in [6, 6.07) is 0. The Balaban J connectivity index is -0.000000151. The summed E-state index contributed by atoms with van der Waals surface area (Å²) >= 11 is 33.1. The second kappa shape index (κ2) is 18.0. The van der Waals surface area contributed by atoms with Crippen molar-refractivity contribution in [1.82, 2.24) is 0 Å². The van der Waals surface area contributed by atoms with E-state index < -0.39 is 30.1 Å². The highest BCUT2D eigenvalue weighted by atomic mass is 32.2. The molecule has 15 heteroatoms. The second-order valence-corrected chi connectivity index (χ2v) is 13.3. The Morgan fingerprint density at radius 1 is 0.600 bits per heavy atom. The maximum atomic E-state index is 10.1. The van der Waals surface area contributed by atoms with Gasteiger partial charge in [0.25, 0.3) is 0 Å². The summed E-state index contributed by atoms with van der Waals surface area (Å²) < 4.78 is -3.87. The van der Waals surface area contributed by atoms with Gasteiger partial charge in [-0.1, -0.05) is 34.1 Å². The number of carboxylic acid groups (broad SMARTS) is 3. The van der Waals surface area contributed by atoms with Gasteiger partial charge in [0.2, 0.25) is 0 Å². The van der Waals surface area contributed by atoms with Crippen LogP contribution in [-0.4, -0.2) is 62.7 Å². The molecule has 0 aliphatic rings. The van der Waals surface area contributed by atoms with Crippen LogP contribution in [0.15, 0.2) is 0 Å². The molecule has 0 atom stereocenters. The maximum absolute atomic E-state index is 10.1. The quantitative estimate of drug-likeness (QED) is 0.166. The van der Waals surface area contributed by atoms with E-state index in [2.05, 4.69) is 141 Å². The van der Waals surface area contributed by atoms with Gasteiger partial charge in [-0.2, -0.15) is 37.9 Å². The van der Waals surface area contributed by atoms with Gasteiger partial charge in [0, 0.05) is 17.3 Å². The van der Waals surface area contributed by atoms with Crippen molar-refractivity contribution >= 4 is 132 Å². The predicted octanol–water partition coefficient (Wildman–Crippen LogP) is 4.11. The van der Waals surface area contributed by atoms with E-state index in [-0.39, 0.29) is 17.3 Å². The van der Waals surface area contributed by atoms with Gasteiger partial charge in [0.05, 0.1) is 0 Å². The van der Waals surface area contributed by atoms with Crippen molar-refractivity contribution in [2.75, 3.05) is 17.3 Å². The molecule has 0 rings (SSSR count). The molecule has 0 aromatic rings. The Kier molecular flexibility index (Phi) is 23.2. The fourth-order valence-electron chi connectivity index (χ4n) is 0.203. The normalized spacial score (nSPS) is 11.5. The largest absolute Gasteiger partial charge is 0.480 e. The minimum atomic E-state index is -1.29. The molecule has 0 fully saturated rings. The zero-order valence-electron chi connectivity index (χ0n) is 16.9. The lowest BCUT2D eigenvalue weighted by Gasteiger charge is -2.12. The summed E-state index contributed by atoms with van der Waals surface area (Å²) in [4.78, 5) is 30.2. The van der Waals surface area contributed by atoms with Gasteiger partial charge in [0.15, 0.2) is 12.2 Å². The molecule has 0 bridgehead atoms. The third-order valence-corrected chi connectivity index (χ3v) is 7.77. The van der Waals surface area contributed by atoms with Crippen LogP contribution in [0.2, 0.25) is 0 Å². The lowest BCUT2D eigenvalue weighted by molar-refractivity contribution is -0.137. The van der Waals surface area contributed by atoms with Crippen molar-refractivity contribution in [3.05, 3.63) is 0 Å². The van der Waals surface area contributed by atoms with Crippen LogP contribution in [0.5, 0.6) is 0 Å². The fraction of sp³-hybridized carbons (Fsp3) is 0.800. The van der Waals surface area contributed by atoms with Gasteiger partial charge >= 0.3 is 17.9 Å². The molecule has 0 aliphatic heterocycles. The molecule has 6 nitrogen and oxygen atoms in total. The number of aliphatic carboxylic acids is 3. The van der Waals surface area contributed by atoms with Crippen molar-refractivity contribution in [2.45, 2.75) is 46.4 Å². The van der Waals surface area contributed by atoms with E-state index in [0.29, 0.717) is 5.41 Å². The number of carbonyl (C=O) groups is 3. The minimum absolute atomic E-state index is 0.106. The Morgan fingerprint density at radius 2 is 0.733 bits per heavy atom. The number of thiol groups is 9. The molecule has 30 heavy (non-hydrogen) atoms. The molecule has 0 aromatic heterocycles. The third-order valence-electron chi connectivity index (χ3n) is 2.75. The van der Waals surface area contributed by atoms with Crippen LogP contribution in [0.1, 0.15) is 34.1 Å². The van der Waals surface area contributed by atoms with Crippen LogP contribution in [0.25, 0.3) is 0 Å². The second-order valence-electron chi connectivity index (χ2n) is 6.75. The first-order valence-electron chi connectivity index (χ1n) is 7.94. The topological polar surface area (TPSA) is 112 Å². The lowest BCUT2D eigenvalue weighted by Crippen LogP contribution is -2.27. The molecule has 0 saturated carbocycles. The molecule has 182 valence electrons. The summed E-state index contributed by atoms with van der Waals surface area (Å²) in [6.45, 7) is 8.94. The van der Waals surface area contributed by atoms with Crippen molar-refractivity contribution in [1.29, 1.82) is 0 Å². The van der Waals surface area contributed by atoms with E-state index in [1.807, 2.05) is 0 Å². The van der Waals surface area contributed by atoms with Crippen LogP contribution in [0.4, 0.5) is 0 Å². The SMILES string of the molecule is CCC(C)(C)C.O=C(O)C(S)(S)CS.O=C(O)C(S)(S)CS.O=C(O)C(S)(S)CS. The monoisotopic (exact) mass is 596 g/mol. The number of rotatable bonds is 6. The van der Waals surface area contributed by atoms with Crippen LogP contribution >= 0.6 is 114 Å². The van der Waals surface area contributed by atoms with E-state index in [1.165, 1.54) is 6.42 Å². The number of hydrogen-bond acceptors (Lipinski definition) is 12. The first-order valence-corrected chi connectivity index (χ1v) is 12.5. The van der Waals surface area contributed by atoms with Crippen molar-refractivity contribution < 1.29 is 29.7 Å². The van der Waals surface area contributed by atoms with Crippen LogP contribution in [0, 0.1) is 5.41 Å². The molecule has 0 spiro atoms. The molecule has 0 amide bonds. The van der Waals surface area contributed by atoms with Gasteiger partial charge in [-0.15, -0.1) is 75.8 Å². The van der Waals surface area contributed by atoms with E-state index in [4.69, 9.17) is 15.3 Å². The Hall–Kier alpha value is 1.56. The van der Waals surface area contributed by atoms with Gasteiger partial charge in [-0.3, -0.25) is 0 Å². The summed E-state index contributed by atoms with van der Waals surface area (Å²) in [7, 11) is 0. The van der Waals surface area contributed by atoms with E-state index >= 15 is 0 Å². The zero-order valence-corrected chi connectivity index (χ0v) is 25.0. The third kappa shape index (κ3) is 24.2. The average molecular weight is 597 g/mol. The molecular formula is C15H32O6S9. The lowest BCUT2D eigenvalue weighted by atomic mass is 9.94. The van der Waals surface area contributed by atoms with Crippen LogP contribution < -0.4 is 0 Å². The average Bonchev–Trinajstić information content (AvgIpc) is 2.62. The van der Waals surface area contributed by atoms with Gasteiger partial charge in [-0.05, 0) is 5.41 Å². The van der Waals surface area contributed by atoms with Crippen LogP contribution in [-0.2, 0) is 14.4 Å². The van der Waals surface area contributed by atoms with Gasteiger partial charge in [-0.25, -0.2) is 14.4 Å². The van der Waals surface area contributed by atoms with Crippen molar-refractivity contribution in [3.8, 4) is 0 Å². The fourth-order valence-corrected chi connectivity index (χ4v) is 0.609. The summed E-state index contributed by atoms with van der Waals surface area (Å²) in [5, 5.41) is 24.7. The van der Waals surface area contributed by atoms with Gasteiger partial charge < -0.3 is 15.3 Å². The molecule has 0 aliphatic carbocycles. The van der Waals surface area contributed by atoms with E-state index in [9.17, 15) is 14.4 Å². The molecule has 0 saturated heterocycles. The number of carboxylic acids is 3. The molecule has 0 unspecified atom stereocenters. The van der Waals surface area contributed by atoms with Gasteiger partial charge in [0.1, 0.15) is 0 Å². The molecule has 0 radical (unpaired) electrons. The summed E-state index contributed by atoms with van der Waals surface area (Å²) in [5.74, 6) is -2.89. The molecule has 0 heterocycles. The van der Waals surface area contributed by atoms with Crippen LogP contribution in [0.3, 0.4) is 0 Å². The summed E-state index contributed by atoms with van der Waals surface area (Å²) in [6.07, 6.45) is 1.27. The Bertz CT molecular complexity index is 457. The Labute approximate surface area is 228 Å². The first-order chi connectivity index (χ1) is 13.1. The zero-order chi connectivity index (χ0) is 25.6. The molecule has 3 N–H and O–H groups in total. The van der Waals surface area contributed by atoms with Crippen molar-refractivity contribution in [2.24, 2.45) is 5.41 Å². The minimum Gasteiger partial charge on any atom is -0.480 e. The highest BCUT2D eigenvalue weighted by Gasteiger charge is 2.28. The van der Waals surface area contributed by atoms with E-state index in [1.54, 1.807) is 0 Å². The highest BCUT2D eigenvalue weighted by molar-refractivity contribution is 8.04.